The average Bonchev–Trinajstić information content (AvgIpc) is 1.66. The Morgan fingerprint density at radius 3 is 2.75 bits per heavy atom. The highest BCUT2D eigenvalue weighted by Gasteiger charge is 1.92. The molecule has 0 bridgehead atoms. The molecule has 1 atom stereocenters. The maximum atomic E-state index is 8.68. The van der Waals surface area contributed by atoms with Gasteiger partial charge in [-0.1, -0.05) is 0 Å². The van der Waals surface area contributed by atoms with E-state index in [0.29, 0.717) is 6.61 Å². The minimum absolute atomic E-state index is 0.231. The fourth-order valence-electron chi connectivity index (χ4n) is 0.462. The molecule has 0 aliphatic heterocycles. The molecule has 0 aromatic rings. The van der Waals surface area contributed by atoms with Crippen molar-refractivity contribution in [2.75, 3.05) is 6.61 Å². The van der Waals surface area contributed by atoms with E-state index in [1.54, 1.807) is 6.92 Å². The van der Waals surface area contributed by atoms with Gasteiger partial charge >= 0.3 is 0 Å². The van der Waals surface area contributed by atoms with E-state index in [0.717, 1.165) is 12.8 Å². The van der Waals surface area contributed by atoms with Crippen LogP contribution in [-0.2, 0) is 4.84 Å². The van der Waals surface area contributed by atoms with Gasteiger partial charge in [-0.25, -0.2) is 5.90 Å². The predicted molar refractivity (Wildman–Crippen MR) is 31.1 cm³/mol. The molecule has 3 heteroatoms. The number of aliphatic hydroxyl groups excluding tert-OH is 1. The zero-order chi connectivity index (χ0) is 6.41. The predicted octanol–water partition coefficient (Wildman–Crippen LogP) is 0.0377. The first-order valence-electron chi connectivity index (χ1n) is 2.77. The average molecular weight is 119 g/mol. The Kier molecular flexibility index (Phi) is 4.95. The largest absolute Gasteiger partial charge is 0.393 e. The number of aliphatic hydroxyl groups is 1. The summed E-state index contributed by atoms with van der Waals surface area (Å²) in [4.78, 5) is 4.28. The molecule has 0 saturated carbocycles. The molecule has 0 rings (SSSR count). The van der Waals surface area contributed by atoms with Crippen LogP contribution in [0.15, 0.2) is 0 Å². The molecule has 3 nitrogen and oxygen atoms in total. The van der Waals surface area contributed by atoms with E-state index in [2.05, 4.69) is 4.84 Å². The standard InChI is InChI=1S/C5H13NO2/c1-5(7)3-2-4-8-6/h5,7H,2-4,6H2,1H3. The first kappa shape index (κ1) is 7.88. The summed E-state index contributed by atoms with van der Waals surface area (Å²) < 4.78 is 0. The molecular weight excluding hydrogens is 106 g/mol. The molecule has 50 valence electrons. The van der Waals surface area contributed by atoms with Crippen molar-refractivity contribution in [3.05, 3.63) is 0 Å². The second-order valence-corrected chi connectivity index (χ2v) is 1.86. The molecule has 3 N–H and O–H groups in total. The van der Waals surface area contributed by atoms with E-state index in [4.69, 9.17) is 11.0 Å². The van der Waals surface area contributed by atoms with Gasteiger partial charge in [0.1, 0.15) is 0 Å². The number of nitrogens with two attached hydrogens (primary N) is 1. The first-order valence-corrected chi connectivity index (χ1v) is 2.77. The van der Waals surface area contributed by atoms with E-state index >= 15 is 0 Å². The van der Waals surface area contributed by atoms with E-state index in [9.17, 15) is 0 Å². The van der Waals surface area contributed by atoms with Crippen molar-refractivity contribution in [1.29, 1.82) is 0 Å². The lowest BCUT2D eigenvalue weighted by Gasteiger charge is -2.00. The van der Waals surface area contributed by atoms with Crippen LogP contribution in [0.2, 0.25) is 0 Å². The molecule has 0 aliphatic carbocycles. The molecule has 0 fully saturated rings. The zero-order valence-corrected chi connectivity index (χ0v) is 5.13. The normalized spacial score (nSPS) is 13.9. The molecule has 1 unspecified atom stereocenters. The van der Waals surface area contributed by atoms with Crippen molar-refractivity contribution in [3.8, 4) is 0 Å². The maximum Gasteiger partial charge on any atom is 0.0680 e. The third kappa shape index (κ3) is 5.88. The fraction of sp³-hybridized carbons (Fsp3) is 1.00. The highest BCUT2D eigenvalue weighted by molar-refractivity contribution is 4.44. The monoisotopic (exact) mass is 119 g/mol. The lowest BCUT2D eigenvalue weighted by molar-refractivity contribution is 0.114. The van der Waals surface area contributed by atoms with Crippen LogP contribution in [0, 0.1) is 0 Å². The fourth-order valence-corrected chi connectivity index (χ4v) is 0.462. The van der Waals surface area contributed by atoms with E-state index in [1.165, 1.54) is 0 Å². The third-order valence-electron chi connectivity index (χ3n) is 0.884. The Hall–Kier alpha value is -0.120. The Balaban J connectivity index is 2.72. The van der Waals surface area contributed by atoms with E-state index in [-0.39, 0.29) is 6.10 Å². The van der Waals surface area contributed by atoms with Crippen molar-refractivity contribution in [3.63, 3.8) is 0 Å². The Morgan fingerprint density at radius 2 is 2.38 bits per heavy atom. The smallest absolute Gasteiger partial charge is 0.0680 e. The van der Waals surface area contributed by atoms with Gasteiger partial charge in [0.25, 0.3) is 0 Å². The first-order chi connectivity index (χ1) is 3.77. The van der Waals surface area contributed by atoms with Gasteiger partial charge in [0.05, 0.1) is 12.7 Å². The SMILES string of the molecule is CC(O)CCCON. The minimum Gasteiger partial charge on any atom is -0.393 e. The van der Waals surface area contributed by atoms with Crippen molar-refractivity contribution in [1.82, 2.24) is 0 Å². The van der Waals surface area contributed by atoms with Crippen molar-refractivity contribution in [2.45, 2.75) is 25.9 Å². The summed E-state index contributed by atoms with van der Waals surface area (Å²) in [7, 11) is 0. The van der Waals surface area contributed by atoms with Gasteiger partial charge in [0.15, 0.2) is 0 Å². The molecular formula is C5H13NO2. The molecule has 0 saturated heterocycles. The zero-order valence-electron chi connectivity index (χ0n) is 5.13. The minimum atomic E-state index is -0.231. The molecule has 0 radical (unpaired) electrons. The van der Waals surface area contributed by atoms with Crippen LogP contribution in [0.4, 0.5) is 0 Å². The lowest BCUT2D eigenvalue weighted by Crippen LogP contribution is -2.05. The quantitative estimate of drug-likeness (QED) is 0.405. The third-order valence-corrected chi connectivity index (χ3v) is 0.884. The van der Waals surface area contributed by atoms with Gasteiger partial charge in [0, 0.05) is 0 Å². The number of hydrogen-bond donors (Lipinski definition) is 2. The number of rotatable bonds is 4. The molecule has 8 heavy (non-hydrogen) atoms. The maximum absolute atomic E-state index is 8.68. The summed E-state index contributed by atoms with van der Waals surface area (Å²) >= 11 is 0. The van der Waals surface area contributed by atoms with Gasteiger partial charge < -0.3 is 9.94 Å². The summed E-state index contributed by atoms with van der Waals surface area (Å²) in [6.45, 7) is 2.28. The number of hydrogen-bond acceptors (Lipinski definition) is 3. The second-order valence-electron chi connectivity index (χ2n) is 1.86. The highest BCUT2D eigenvalue weighted by Crippen LogP contribution is 1.93. The lowest BCUT2D eigenvalue weighted by atomic mass is 10.2. The van der Waals surface area contributed by atoms with Crippen LogP contribution in [0.3, 0.4) is 0 Å². The summed E-state index contributed by atoms with van der Waals surface area (Å²) in [5, 5.41) is 8.68. The van der Waals surface area contributed by atoms with Crippen LogP contribution in [0.25, 0.3) is 0 Å². The van der Waals surface area contributed by atoms with Crippen LogP contribution >= 0.6 is 0 Å². The molecule has 0 spiro atoms. The van der Waals surface area contributed by atoms with Crippen molar-refractivity contribution < 1.29 is 9.94 Å². The van der Waals surface area contributed by atoms with Crippen molar-refractivity contribution >= 4 is 0 Å². The molecule has 0 amide bonds. The van der Waals surface area contributed by atoms with Gasteiger partial charge in [0.2, 0.25) is 0 Å². The summed E-state index contributed by atoms with van der Waals surface area (Å²) in [6, 6.07) is 0. The van der Waals surface area contributed by atoms with Crippen LogP contribution in [0.1, 0.15) is 19.8 Å². The van der Waals surface area contributed by atoms with Crippen LogP contribution in [0.5, 0.6) is 0 Å². The molecule has 0 aromatic heterocycles. The van der Waals surface area contributed by atoms with Gasteiger partial charge in [-0.15, -0.1) is 0 Å². The van der Waals surface area contributed by atoms with Crippen LogP contribution in [-0.4, -0.2) is 17.8 Å². The molecule has 0 heterocycles. The Morgan fingerprint density at radius 1 is 1.75 bits per heavy atom. The van der Waals surface area contributed by atoms with Gasteiger partial charge in [-0.05, 0) is 19.8 Å². The van der Waals surface area contributed by atoms with Crippen molar-refractivity contribution in [2.24, 2.45) is 5.90 Å². The van der Waals surface area contributed by atoms with Gasteiger partial charge in [-0.3, -0.25) is 0 Å². The summed E-state index contributed by atoms with van der Waals surface area (Å²) in [6.07, 6.45) is 1.36. The van der Waals surface area contributed by atoms with E-state index in [1.807, 2.05) is 0 Å². The topological polar surface area (TPSA) is 55.5 Å². The summed E-state index contributed by atoms with van der Waals surface area (Å²) in [5.41, 5.74) is 0. The van der Waals surface area contributed by atoms with Gasteiger partial charge in [-0.2, -0.15) is 0 Å². The van der Waals surface area contributed by atoms with Crippen LogP contribution < -0.4 is 5.90 Å². The molecule has 0 aromatic carbocycles. The second kappa shape index (κ2) is 5.03. The highest BCUT2D eigenvalue weighted by atomic mass is 16.6. The Labute approximate surface area is 49.4 Å². The van der Waals surface area contributed by atoms with E-state index < -0.39 is 0 Å². The summed E-state index contributed by atoms with van der Waals surface area (Å²) in [5.74, 6) is 4.73. The molecule has 0 aliphatic rings. The Bertz CT molecular complexity index is 47.7.